The minimum Gasteiger partial charge on any atom is -0.304 e. The first-order valence-corrected chi connectivity index (χ1v) is 7.23. The van der Waals surface area contributed by atoms with E-state index in [2.05, 4.69) is 21.2 Å². The van der Waals surface area contributed by atoms with Gasteiger partial charge in [-0.1, -0.05) is 34.1 Å². The first-order chi connectivity index (χ1) is 9.47. The Balaban J connectivity index is 2.12. The third-order valence-electron chi connectivity index (χ3n) is 3.28. The molecular formula is C16H16BrF2N. The summed E-state index contributed by atoms with van der Waals surface area (Å²) in [6, 6.07) is 11.5. The van der Waals surface area contributed by atoms with Crippen LogP contribution >= 0.6 is 15.9 Å². The zero-order valence-electron chi connectivity index (χ0n) is 11.3. The van der Waals surface area contributed by atoms with Gasteiger partial charge in [-0.2, -0.15) is 0 Å². The van der Waals surface area contributed by atoms with Gasteiger partial charge in [0.25, 0.3) is 0 Å². The van der Waals surface area contributed by atoms with Gasteiger partial charge in [0.1, 0.15) is 11.6 Å². The van der Waals surface area contributed by atoms with Crippen LogP contribution in [0.1, 0.15) is 37.1 Å². The van der Waals surface area contributed by atoms with Crippen molar-refractivity contribution in [3.8, 4) is 0 Å². The summed E-state index contributed by atoms with van der Waals surface area (Å²) >= 11 is 3.43. The molecule has 0 saturated heterocycles. The van der Waals surface area contributed by atoms with E-state index in [0.29, 0.717) is 5.56 Å². The van der Waals surface area contributed by atoms with Crippen molar-refractivity contribution in [1.29, 1.82) is 0 Å². The van der Waals surface area contributed by atoms with E-state index < -0.39 is 11.6 Å². The van der Waals surface area contributed by atoms with Crippen molar-refractivity contribution < 1.29 is 8.78 Å². The fraction of sp³-hybridized carbons (Fsp3) is 0.250. The highest BCUT2D eigenvalue weighted by molar-refractivity contribution is 9.10. The van der Waals surface area contributed by atoms with Crippen molar-refractivity contribution >= 4 is 15.9 Å². The summed E-state index contributed by atoms with van der Waals surface area (Å²) in [5.74, 6) is -1.08. The van der Waals surface area contributed by atoms with Crippen molar-refractivity contribution in [2.24, 2.45) is 0 Å². The second-order valence-corrected chi connectivity index (χ2v) is 5.75. The van der Waals surface area contributed by atoms with Crippen LogP contribution in [-0.4, -0.2) is 0 Å². The zero-order chi connectivity index (χ0) is 14.7. The molecule has 0 spiro atoms. The molecule has 1 unspecified atom stereocenters. The maximum atomic E-state index is 13.7. The smallest absolute Gasteiger partial charge is 0.130 e. The summed E-state index contributed by atoms with van der Waals surface area (Å²) in [6.45, 7) is 3.88. The molecule has 0 fully saturated rings. The van der Waals surface area contributed by atoms with E-state index in [1.807, 2.05) is 38.1 Å². The van der Waals surface area contributed by atoms with Crippen molar-refractivity contribution in [3.05, 3.63) is 69.7 Å². The minimum absolute atomic E-state index is 0.0620. The average molecular weight is 340 g/mol. The van der Waals surface area contributed by atoms with Gasteiger partial charge in [-0.25, -0.2) is 8.78 Å². The van der Waals surface area contributed by atoms with Crippen molar-refractivity contribution in [2.75, 3.05) is 0 Å². The van der Waals surface area contributed by atoms with Gasteiger partial charge in [-0.05, 0) is 37.6 Å². The lowest BCUT2D eigenvalue weighted by Crippen LogP contribution is -2.23. The Hall–Kier alpha value is -1.26. The lowest BCUT2D eigenvalue weighted by atomic mass is 10.0. The zero-order valence-corrected chi connectivity index (χ0v) is 12.9. The van der Waals surface area contributed by atoms with Crippen LogP contribution in [0.5, 0.6) is 0 Å². The molecule has 2 atom stereocenters. The van der Waals surface area contributed by atoms with Crippen molar-refractivity contribution in [3.63, 3.8) is 0 Å². The van der Waals surface area contributed by atoms with E-state index in [1.165, 1.54) is 12.1 Å². The monoisotopic (exact) mass is 339 g/mol. The quantitative estimate of drug-likeness (QED) is 0.813. The number of nitrogens with one attached hydrogen (secondary N) is 1. The third-order valence-corrected chi connectivity index (χ3v) is 3.77. The Kier molecular flexibility index (Phi) is 4.89. The van der Waals surface area contributed by atoms with Gasteiger partial charge in [-0.15, -0.1) is 0 Å². The maximum absolute atomic E-state index is 13.7. The Labute approximate surface area is 126 Å². The molecule has 20 heavy (non-hydrogen) atoms. The van der Waals surface area contributed by atoms with Gasteiger partial charge in [0, 0.05) is 28.2 Å². The molecule has 4 heteroatoms. The standard InChI is InChI=1S/C16H16BrF2N/c1-10(12-4-3-5-13(17)8-12)20-11(2)15-7-6-14(18)9-16(15)19/h3-11,20H,1-2H3/t10-,11?/m1/s1. The van der Waals surface area contributed by atoms with Crippen LogP contribution in [0.2, 0.25) is 0 Å². The number of halogens is 3. The molecule has 0 radical (unpaired) electrons. The largest absolute Gasteiger partial charge is 0.304 e. The maximum Gasteiger partial charge on any atom is 0.130 e. The fourth-order valence-corrected chi connectivity index (χ4v) is 2.61. The molecule has 0 saturated carbocycles. The first kappa shape index (κ1) is 15.1. The van der Waals surface area contributed by atoms with Crippen LogP contribution in [0.3, 0.4) is 0 Å². The molecule has 0 aromatic heterocycles. The summed E-state index contributed by atoms with van der Waals surface area (Å²) < 4.78 is 27.7. The molecule has 0 bridgehead atoms. The predicted molar refractivity (Wildman–Crippen MR) is 80.5 cm³/mol. The van der Waals surface area contributed by atoms with Gasteiger partial charge in [0.05, 0.1) is 0 Å². The Morgan fingerprint density at radius 1 is 1.00 bits per heavy atom. The molecule has 2 rings (SSSR count). The average Bonchev–Trinajstić information content (AvgIpc) is 2.38. The Morgan fingerprint density at radius 2 is 1.75 bits per heavy atom. The number of hydrogen-bond acceptors (Lipinski definition) is 1. The molecular weight excluding hydrogens is 324 g/mol. The lowest BCUT2D eigenvalue weighted by Gasteiger charge is -2.21. The van der Waals surface area contributed by atoms with Crippen LogP contribution in [0.4, 0.5) is 8.78 Å². The van der Waals surface area contributed by atoms with E-state index >= 15 is 0 Å². The molecule has 0 aliphatic carbocycles. The molecule has 2 aromatic carbocycles. The van der Waals surface area contributed by atoms with Crippen LogP contribution < -0.4 is 5.32 Å². The van der Waals surface area contributed by atoms with E-state index in [9.17, 15) is 8.78 Å². The van der Waals surface area contributed by atoms with E-state index in [1.54, 1.807) is 0 Å². The topological polar surface area (TPSA) is 12.0 Å². The van der Waals surface area contributed by atoms with Crippen LogP contribution in [-0.2, 0) is 0 Å². The lowest BCUT2D eigenvalue weighted by molar-refractivity contribution is 0.470. The molecule has 1 nitrogen and oxygen atoms in total. The van der Waals surface area contributed by atoms with Crippen molar-refractivity contribution in [2.45, 2.75) is 25.9 Å². The SMILES string of the molecule is CC(N[C@H](C)c1cccc(Br)c1)c1ccc(F)cc1F. The molecule has 0 heterocycles. The van der Waals surface area contributed by atoms with Crippen LogP contribution in [0.15, 0.2) is 46.9 Å². The highest BCUT2D eigenvalue weighted by Gasteiger charge is 2.15. The molecule has 2 aromatic rings. The first-order valence-electron chi connectivity index (χ1n) is 6.44. The van der Waals surface area contributed by atoms with Gasteiger partial charge in [0.15, 0.2) is 0 Å². The van der Waals surface area contributed by atoms with E-state index in [0.717, 1.165) is 16.1 Å². The molecule has 1 N–H and O–H groups in total. The summed E-state index contributed by atoms with van der Waals surface area (Å²) in [4.78, 5) is 0. The molecule has 106 valence electrons. The second-order valence-electron chi connectivity index (χ2n) is 4.83. The van der Waals surface area contributed by atoms with Gasteiger partial charge < -0.3 is 5.32 Å². The fourth-order valence-electron chi connectivity index (χ4n) is 2.19. The van der Waals surface area contributed by atoms with E-state index in [4.69, 9.17) is 0 Å². The van der Waals surface area contributed by atoms with Gasteiger partial charge >= 0.3 is 0 Å². The van der Waals surface area contributed by atoms with Gasteiger partial charge in [0.2, 0.25) is 0 Å². The van der Waals surface area contributed by atoms with E-state index in [-0.39, 0.29) is 12.1 Å². The summed E-state index contributed by atoms with van der Waals surface area (Å²) in [6.07, 6.45) is 0. The Bertz CT molecular complexity index is 601. The molecule has 0 amide bonds. The molecule has 0 aliphatic rings. The second kappa shape index (κ2) is 6.46. The summed E-state index contributed by atoms with van der Waals surface area (Å²) in [7, 11) is 0. The van der Waals surface area contributed by atoms with Crippen LogP contribution in [0, 0.1) is 11.6 Å². The highest BCUT2D eigenvalue weighted by Crippen LogP contribution is 2.23. The number of hydrogen-bond donors (Lipinski definition) is 1. The number of benzene rings is 2. The summed E-state index contributed by atoms with van der Waals surface area (Å²) in [5.41, 5.74) is 1.57. The molecule has 0 aliphatic heterocycles. The summed E-state index contributed by atoms with van der Waals surface area (Å²) in [5, 5.41) is 3.32. The number of rotatable bonds is 4. The van der Waals surface area contributed by atoms with Crippen molar-refractivity contribution in [1.82, 2.24) is 5.32 Å². The predicted octanol–water partition coefficient (Wildman–Crippen LogP) is 5.14. The highest BCUT2D eigenvalue weighted by atomic mass is 79.9. The third kappa shape index (κ3) is 3.64. The Morgan fingerprint density at radius 3 is 2.40 bits per heavy atom. The minimum atomic E-state index is -0.557. The van der Waals surface area contributed by atoms with Gasteiger partial charge in [-0.3, -0.25) is 0 Å². The van der Waals surface area contributed by atoms with Crippen LogP contribution in [0.25, 0.3) is 0 Å². The normalized spacial score (nSPS) is 14.1.